The predicted octanol–water partition coefficient (Wildman–Crippen LogP) is 1.55. The lowest BCUT2D eigenvalue weighted by Crippen LogP contribution is -2.55. The monoisotopic (exact) mass is 285 g/mol. The molecule has 4 nitrogen and oxygen atoms in total. The maximum absolute atomic E-state index is 10.3. The molecular weight excluding hydrogens is 266 g/mol. The Kier molecular flexibility index (Phi) is 5.19. The van der Waals surface area contributed by atoms with Crippen molar-refractivity contribution >= 4 is 11.6 Å². The minimum atomic E-state index is -0.531. The lowest BCUT2D eigenvalue weighted by atomic mass is 10.0. The molecule has 0 aromatic heterocycles. The van der Waals surface area contributed by atoms with Crippen LogP contribution >= 0.6 is 11.6 Å². The minimum absolute atomic E-state index is 0.0608. The molecule has 0 amide bonds. The number of likely N-dealkylation sites (N-methyl/N-ethyl adjacent to an activating group) is 1. The minimum Gasteiger partial charge on any atom is -0.389 e. The average molecular weight is 286 g/mol. The molecule has 2 rings (SSSR count). The van der Waals surface area contributed by atoms with Crippen molar-refractivity contribution in [2.45, 2.75) is 24.8 Å². The van der Waals surface area contributed by atoms with Crippen LogP contribution in [-0.2, 0) is 16.0 Å². The van der Waals surface area contributed by atoms with Crippen LogP contribution in [0.4, 0.5) is 0 Å². The van der Waals surface area contributed by atoms with Crippen molar-refractivity contribution in [3.05, 3.63) is 34.9 Å². The molecular formula is C14H20ClNO3. The van der Waals surface area contributed by atoms with Crippen molar-refractivity contribution in [2.75, 3.05) is 27.4 Å². The average Bonchev–Trinajstić information content (AvgIpc) is 2.41. The van der Waals surface area contributed by atoms with E-state index in [2.05, 4.69) is 4.90 Å². The molecule has 0 unspecified atom stereocenters. The Morgan fingerprint density at radius 1 is 1.37 bits per heavy atom. The summed E-state index contributed by atoms with van der Waals surface area (Å²) < 4.78 is 10.7. The molecule has 1 N–H and O–H groups in total. The number of methoxy groups -OCH3 is 1. The second-order valence-electron chi connectivity index (χ2n) is 4.91. The molecule has 19 heavy (non-hydrogen) atoms. The number of aliphatic hydroxyl groups excluding tert-OH is 1. The van der Waals surface area contributed by atoms with Crippen molar-refractivity contribution in [3.8, 4) is 0 Å². The van der Waals surface area contributed by atoms with E-state index < -0.39 is 6.10 Å². The zero-order valence-corrected chi connectivity index (χ0v) is 12.0. The van der Waals surface area contributed by atoms with E-state index in [1.165, 1.54) is 0 Å². The van der Waals surface area contributed by atoms with Gasteiger partial charge in [0.15, 0.2) is 0 Å². The van der Waals surface area contributed by atoms with Gasteiger partial charge in [0.1, 0.15) is 12.2 Å². The van der Waals surface area contributed by atoms with Crippen molar-refractivity contribution < 1.29 is 14.6 Å². The van der Waals surface area contributed by atoms with Gasteiger partial charge in [-0.1, -0.05) is 23.7 Å². The third-order valence-electron chi connectivity index (χ3n) is 3.56. The number of halogens is 1. The molecule has 1 aromatic carbocycles. The standard InChI is InChI=1S/C14H20ClNO3/c1-16(7-10-3-5-11(15)6-4-10)12-8-19-9-13(18-2)14(12)17/h3-6,12-14,17H,7-9H2,1-2H3/t12-,13-,14+/m1/s1. The fourth-order valence-electron chi connectivity index (χ4n) is 2.34. The zero-order valence-electron chi connectivity index (χ0n) is 11.3. The highest BCUT2D eigenvalue weighted by Crippen LogP contribution is 2.18. The SMILES string of the molecule is CO[C@@H]1COC[C@@H](N(C)Cc2ccc(Cl)cc2)[C@@H]1O. The Morgan fingerprint density at radius 3 is 2.68 bits per heavy atom. The third-order valence-corrected chi connectivity index (χ3v) is 3.81. The number of hydrogen-bond acceptors (Lipinski definition) is 4. The number of ether oxygens (including phenoxy) is 2. The summed E-state index contributed by atoms with van der Waals surface area (Å²) in [5.74, 6) is 0. The molecule has 0 bridgehead atoms. The molecule has 0 radical (unpaired) electrons. The Morgan fingerprint density at radius 2 is 2.05 bits per heavy atom. The number of aliphatic hydroxyl groups is 1. The summed E-state index contributed by atoms with van der Waals surface area (Å²) in [5, 5.41) is 11.0. The second kappa shape index (κ2) is 6.68. The van der Waals surface area contributed by atoms with E-state index in [-0.39, 0.29) is 12.1 Å². The van der Waals surface area contributed by atoms with Gasteiger partial charge in [0.05, 0.1) is 19.3 Å². The molecule has 106 valence electrons. The van der Waals surface area contributed by atoms with Gasteiger partial charge < -0.3 is 14.6 Å². The molecule has 1 fully saturated rings. The van der Waals surface area contributed by atoms with Crippen molar-refractivity contribution in [1.82, 2.24) is 4.90 Å². The van der Waals surface area contributed by atoms with E-state index in [1.807, 2.05) is 31.3 Å². The fraction of sp³-hybridized carbons (Fsp3) is 0.571. The van der Waals surface area contributed by atoms with Crippen LogP contribution in [0.15, 0.2) is 24.3 Å². The Labute approximate surface area is 118 Å². The molecule has 0 aliphatic carbocycles. The maximum atomic E-state index is 10.3. The third kappa shape index (κ3) is 3.68. The molecule has 5 heteroatoms. The van der Waals surface area contributed by atoms with E-state index in [9.17, 15) is 5.11 Å². The second-order valence-corrected chi connectivity index (χ2v) is 5.35. The summed E-state index contributed by atoms with van der Waals surface area (Å²) in [4.78, 5) is 2.08. The van der Waals surface area contributed by atoms with Crippen LogP contribution in [0.3, 0.4) is 0 Å². The summed E-state index contributed by atoms with van der Waals surface area (Å²) in [6.07, 6.45) is -0.789. The van der Waals surface area contributed by atoms with E-state index in [0.29, 0.717) is 13.2 Å². The van der Waals surface area contributed by atoms with Crippen LogP contribution in [0, 0.1) is 0 Å². The molecule has 1 saturated heterocycles. The first-order chi connectivity index (χ1) is 9.11. The quantitative estimate of drug-likeness (QED) is 0.911. The number of nitrogens with zero attached hydrogens (tertiary/aromatic N) is 1. The highest BCUT2D eigenvalue weighted by Gasteiger charge is 2.35. The smallest absolute Gasteiger partial charge is 0.108 e. The fourth-order valence-corrected chi connectivity index (χ4v) is 2.47. The van der Waals surface area contributed by atoms with Gasteiger partial charge in [0.2, 0.25) is 0 Å². The predicted molar refractivity (Wildman–Crippen MR) is 74.3 cm³/mol. The summed E-state index contributed by atoms with van der Waals surface area (Å²) in [7, 11) is 3.57. The number of benzene rings is 1. The lowest BCUT2D eigenvalue weighted by molar-refractivity contribution is -0.142. The van der Waals surface area contributed by atoms with E-state index >= 15 is 0 Å². The van der Waals surface area contributed by atoms with Gasteiger partial charge in [0.25, 0.3) is 0 Å². The summed E-state index contributed by atoms with van der Waals surface area (Å²) >= 11 is 5.87. The van der Waals surface area contributed by atoms with Crippen molar-refractivity contribution in [2.24, 2.45) is 0 Å². The summed E-state index contributed by atoms with van der Waals surface area (Å²) in [5.41, 5.74) is 1.15. The molecule has 1 heterocycles. The Balaban J connectivity index is 1.98. The van der Waals surface area contributed by atoms with Gasteiger partial charge in [-0.15, -0.1) is 0 Å². The number of rotatable bonds is 4. The van der Waals surface area contributed by atoms with Crippen LogP contribution < -0.4 is 0 Å². The van der Waals surface area contributed by atoms with Crippen molar-refractivity contribution in [1.29, 1.82) is 0 Å². The Bertz CT molecular complexity index is 398. The summed E-state index contributed by atoms with van der Waals surface area (Å²) in [6, 6.07) is 7.66. The van der Waals surface area contributed by atoms with Crippen LogP contribution in [0.25, 0.3) is 0 Å². The molecule has 0 spiro atoms. The first-order valence-electron chi connectivity index (χ1n) is 6.35. The largest absolute Gasteiger partial charge is 0.389 e. The maximum Gasteiger partial charge on any atom is 0.108 e. The van der Waals surface area contributed by atoms with Crippen LogP contribution in [0.5, 0.6) is 0 Å². The molecule has 3 atom stereocenters. The van der Waals surface area contributed by atoms with E-state index in [1.54, 1.807) is 7.11 Å². The zero-order chi connectivity index (χ0) is 13.8. The molecule has 0 saturated carbocycles. The van der Waals surface area contributed by atoms with Crippen LogP contribution in [0.2, 0.25) is 5.02 Å². The van der Waals surface area contributed by atoms with Crippen LogP contribution in [0.1, 0.15) is 5.56 Å². The Hall–Kier alpha value is -0.650. The van der Waals surface area contributed by atoms with Gasteiger partial charge in [-0.05, 0) is 24.7 Å². The summed E-state index contributed by atoms with van der Waals surface area (Å²) in [6.45, 7) is 1.70. The van der Waals surface area contributed by atoms with Crippen molar-refractivity contribution in [3.63, 3.8) is 0 Å². The highest BCUT2D eigenvalue weighted by atomic mass is 35.5. The van der Waals surface area contributed by atoms with Gasteiger partial charge in [0, 0.05) is 18.7 Å². The van der Waals surface area contributed by atoms with Gasteiger partial charge in [-0.3, -0.25) is 4.90 Å². The first kappa shape index (κ1) is 14.8. The molecule has 1 aromatic rings. The van der Waals surface area contributed by atoms with E-state index in [0.717, 1.165) is 17.1 Å². The van der Waals surface area contributed by atoms with Gasteiger partial charge >= 0.3 is 0 Å². The molecule has 1 aliphatic heterocycles. The highest BCUT2D eigenvalue weighted by molar-refractivity contribution is 6.30. The molecule has 1 aliphatic rings. The first-order valence-corrected chi connectivity index (χ1v) is 6.73. The number of hydrogen-bond donors (Lipinski definition) is 1. The van der Waals surface area contributed by atoms with Crippen LogP contribution in [-0.4, -0.2) is 55.6 Å². The van der Waals surface area contributed by atoms with Gasteiger partial charge in [-0.25, -0.2) is 0 Å². The normalized spacial score (nSPS) is 27.7. The van der Waals surface area contributed by atoms with E-state index in [4.69, 9.17) is 21.1 Å². The lowest BCUT2D eigenvalue weighted by Gasteiger charge is -2.38. The van der Waals surface area contributed by atoms with Gasteiger partial charge in [-0.2, -0.15) is 0 Å². The topological polar surface area (TPSA) is 41.9 Å².